The zero-order valence-electron chi connectivity index (χ0n) is 12.7. The maximum atomic E-state index is 12.3. The summed E-state index contributed by atoms with van der Waals surface area (Å²) in [5.41, 5.74) is 0. The minimum atomic E-state index is -4.13. The van der Waals surface area contributed by atoms with Gasteiger partial charge in [0.1, 0.15) is 5.76 Å². The molecular formula is C15H15NO6S2. The standard InChI is InChI=1S/C15H15NO6S2/c1-23(18,19)10-4-2-5-11(8-10)24(20,21)16-15(17)13-9-12(13)14-6-3-7-22-14/h2-8,12-13H,9H2,1H3,(H,16,17)/t12-,13-/m0/s1. The molecule has 1 amide bonds. The van der Waals surface area contributed by atoms with Crippen LogP contribution in [0.15, 0.2) is 56.9 Å². The lowest BCUT2D eigenvalue weighted by Gasteiger charge is -2.08. The van der Waals surface area contributed by atoms with Gasteiger partial charge in [0, 0.05) is 18.1 Å². The number of rotatable bonds is 5. The average Bonchev–Trinajstić information content (AvgIpc) is 3.12. The largest absolute Gasteiger partial charge is 0.469 e. The Hall–Kier alpha value is -2.13. The summed E-state index contributed by atoms with van der Waals surface area (Å²) in [7, 11) is -7.68. The van der Waals surface area contributed by atoms with Crippen molar-refractivity contribution in [3.05, 3.63) is 48.4 Å². The van der Waals surface area contributed by atoms with E-state index in [-0.39, 0.29) is 15.7 Å². The summed E-state index contributed by atoms with van der Waals surface area (Å²) in [6.07, 6.45) is 2.99. The number of hydrogen-bond donors (Lipinski definition) is 1. The van der Waals surface area contributed by atoms with Gasteiger partial charge in [-0.1, -0.05) is 6.07 Å². The van der Waals surface area contributed by atoms with Crippen molar-refractivity contribution in [3.63, 3.8) is 0 Å². The molecule has 0 aliphatic heterocycles. The molecule has 9 heteroatoms. The van der Waals surface area contributed by atoms with Crippen LogP contribution < -0.4 is 4.72 Å². The Morgan fingerprint density at radius 1 is 1.12 bits per heavy atom. The maximum Gasteiger partial charge on any atom is 0.264 e. The highest BCUT2D eigenvalue weighted by molar-refractivity contribution is 7.91. The third-order valence-electron chi connectivity index (χ3n) is 3.81. The molecule has 0 saturated heterocycles. The van der Waals surface area contributed by atoms with E-state index >= 15 is 0 Å². The third-order valence-corrected chi connectivity index (χ3v) is 6.27. The lowest BCUT2D eigenvalue weighted by molar-refractivity contribution is -0.120. The van der Waals surface area contributed by atoms with Gasteiger partial charge in [-0.3, -0.25) is 4.79 Å². The Labute approximate surface area is 139 Å². The third kappa shape index (κ3) is 3.36. The minimum absolute atomic E-state index is 0.127. The van der Waals surface area contributed by atoms with Crippen LogP contribution in [0.4, 0.5) is 0 Å². The smallest absolute Gasteiger partial charge is 0.264 e. The van der Waals surface area contributed by atoms with Gasteiger partial charge in [-0.15, -0.1) is 0 Å². The fraction of sp³-hybridized carbons (Fsp3) is 0.267. The second-order valence-electron chi connectivity index (χ2n) is 5.68. The van der Waals surface area contributed by atoms with Crippen LogP contribution in [-0.2, 0) is 24.7 Å². The highest BCUT2D eigenvalue weighted by atomic mass is 32.2. The summed E-state index contributed by atoms with van der Waals surface area (Å²) in [6.45, 7) is 0. The van der Waals surface area contributed by atoms with E-state index in [9.17, 15) is 21.6 Å². The van der Waals surface area contributed by atoms with Gasteiger partial charge in [-0.2, -0.15) is 0 Å². The van der Waals surface area contributed by atoms with Crippen molar-refractivity contribution < 1.29 is 26.0 Å². The van der Waals surface area contributed by atoms with Crippen molar-refractivity contribution >= 4 is 25.8 Å². The van der Waals surface area contributed by atoms with Crippen LogP contribution in [0.1, 0.15) is 18.1 Å². The predicted octanol–water partition coefficient (Wildman–Crippen LogP) is 1.29. The Morgan fingerprint density at radius 2 is 1.83 bits per heavy atom. The van der Waals surface area contributed by atoms with Gasteiger partial charge in [0.05, 0.1) is 16.1 Å². The number of hydrogen-bond acceptors (Lipinski definition) is 6. The number of carbonyl (C=O) groups is 1. The van der Waals surface area contributed by atoms with E-state index in [1.165, 1.54) is 24.5 Å². The fourth-order valence-electron chi connectivity index (χ4n) is 2.44. The molecular weight excluding hydrogens is 354 g/mol. The van der Waals surface area contributed by atoms with E-state index < -0.39 is 31.7 Å². The molecule has 0 unspecified atom stereocenters. The molecule has 3 rings (SSSR count). The average molecular weight is 369 g/mol. The maximum absolute atomic E-state index is 12.3. The minimum Gasteiger partial charge on any atom is -0.469 e. The van der Waals surface area contributed by atoms with Crippen LogP contribution in [0.3, 0.4) is 0 Å². The van der Waals surface area contributed by atoms with E-state index in [0.29, 0.717) is 12.2 Å². The molecule has 24 heavy (non-hydrogen) atoms. The van der Waals surface area contributed by atoms with Crippen molar-refractivity contribution in [2.24, 2.45) is 5.92 Å². The number of amides is 1. The van der Waals surface area contributed by atoms with Crippen molar-refractivity contribution in [1.29, 1.82) is 0 Å². The summed E-state index contributed by atoms with van der Waals surface area (Å²) in [6, 6.07) is 8.32. The van der Waals surface area contributed by atoms with Crippen LogP contribution in [0, 0.1) is 5.92 Å². The molecule has 1 fully saturated rings. The lowest BCUT2D eigenvalue weighted by Crippen LogP contribution is -2.32. The van der Waals surface area contributed by atoms with Crippen molar-refractivity contribution in [3.8, 4) is 0 Å². The number of sulfone groups is 1. The first-order valence-corrected chi connectivity index (χ1v) is 10.5. The monoisotopic (exact) mass is 369 g/mol. The van der Waals surface area contributed by atoms with Crippen molar-refractivity contribution in [1.82, 2.24) is 4.72 Å². The Balaban J connectivity index is 1.76. The van der Waals surface area contributed by atoms with Crippen LogP contribution in [0.2, 0.25) is 0 Å². The van der Waals surface area contributed by atoms with Crippen LogP contribution in [0.25, 0.3) is 0 Å². The van der Waals surface area contributed by atoms with E-state index in [2.05, 4.69) is 0 Å². The van der Waals surface area contributed by atoms with E-state index in [4.69, 9.17) is 4.42 Å². The second kappa shape index (κ2) is 5.75. The summed E-state index contributed by atoms with van der Waals surface area (Å²) >= 11 is 0. The van der Waals surface area contributed by atoms with E-state index in [1.807, 2.05) is 4.72 Å². The highest BCUT2D eigenvalue weighted by Gasteiger charge is 2.46. The molecule has 1 aliphatic rings. The van der Waals surface area contributed by atoms with Crippen molar-refractivity contribution in [2.45, 2.75) is 22.1 Å². The zero-order chi connectivity index (χ0) is 17.5. The van der Waals surface area contributed by atoms with Gasteiger partial charge in [-0.25, -0.2) is 21.6 Å². The first-order valence-electron chi connectivity index (χ1n) is 7.09. The molecule has 128 valence electrons. The summed E-state index contributed by atoms with van der Waals surface area (Å²) < 4.78 is 54.9. The van der Waals surface area contributed by atoms with Gasteiger partial charge in [0.25, 0.3) is 10.0 Å². The quantitative estimate of drug-likeness (QED) is 0.850. The summed E-state index contributed by atoms with van der Waals surface area (Å²) in [4.78, 5) is 11.7. The molecule has 1 aromatic heterocycles. The number of nitrogens with one attached hydrogen (secondary N) is 1. The topological polar surface area (TPSA) is 111 Å². The molecule has 1 aliphatic carbocycles. The van der Waals surface area contributed by atoms with E-state index in [0.717, 1.165) is 12.3 Å². The molecule has 0 radical (unpaired) electrons. The first kappa shape index (κ1) is 16.7. The van der Waals surface area contributed by atoms with Gasteiger partial charge in [0.2, 0.25) is 5.91 Å². The highest BCUT2D eigenvalue weighted by Crippen LogP contribution is 2.47. The van der Waals surface area contributed by atoms with Crippen LogP contribution in [-0.4, -0.2) is 29.0 Å². The van der Waals surface area contributed by atoms with Crippen molar-refractivity contribution in [2.75, 3.05) is 6.26 Å². The molecule has 7 nitrogen and oxygen atoms in total. The molecule has 1 aromatic carbocycles. The number of sulfonamides is 1. The Bertz CT molecular complexity index is 977. The molecule has 2 atom stereocenters. The first-order chi connectivity index (χ1) is 11.2. The van der Waals surface area contributed by atoms with Crippen LogP contribution in [0.5, 0.6) is 0 Å². The summed E-state index contributed by atoms with van der Waals surface area (Å²) in [5, 5.41) is 0. The number of benzene rings is 1. The van der Waals surface area contributed by atoms with E-state index in [1.54, 1.807) is 12.1 Å². The van der Waals surface area contributed by atoms with Gasteiger partial charge >= 0.3 is 0 Å². The van der Waals surface area contributed by atoms with Gasteiger partial charge in [0.15, 0.2) is 9.84 Å². The molecule has 1 N–H and O–H groups in total. The molecule has 1 heterocycles. The normalized spacial score (nSPS) is 20.5. The predicted molar refractivity (Wildman–Crippen MR) is 84.4 cm³/mol. The lowest BCUT2D eigenvalue weighted by atomic mass is 10.2. The van der Waals surface area contributed by atoms with Crippen LogP contribution >= 0.6 is 0 Å². The zero-order valence-corrected chi connectivity index (χ0v) is 14.3. The number of carbonyl (C=O) groups excluding carboxylic acids is 1. The Morgan fingerprint density at radius 3 is 2.46 bits per heavy atom. The Kier molecular flexibility index (Phi) is 4.00. The second-order valence-corrected chi connectivity index (χ2v) is 9.38. The molecule has 2 aromatic rings. The SMILES string of the molecule is CS(=O)(=O)c1cccc(S(=O)(=O)NC(=O)[C@H]2C[C@@H]2c2ccco2)c1. The fourth-order valence-corrected chi connectivity index (χ4v) is 4.26. The number of furan rings is 1. The molecule has 1 saturated carbocycles. The van der Waals surface area contributed by atoms with Gasteiger partial charge < -0.3 is 4.42 Å². The summed E-state index contributed by atoms with van der Waals surface area (Å²) in [5.74, 6) is -0.575. The van der Waals surface area contributed by atoms with Gasteiger partial charge in [-0.05, 0) is 36.8 Å². The molecule has 0 bridgehead atoms. The molecule has 0 spiro atoms.